The van der Waals surface area contributed by atoms with Gasteiger partial charge in [-0.2, -0.15) is 0 Å². The van der Waals surface area contributed by atoms with Gasteiger partial charge >= 0.3 is 35.8 Å². The molecule has 0 unspecified atom stereocenters. The van der Waals surface area contributed by atoms with Crippen molar-refractivity contribution < 1.29 is 57.2 Å². The molecule has 6 rings (SSSR count). The maximum absolute atomic E-state index is 12.8. The third-order valence-electron chi connectivity index (χ3n) is 14.4. The summed E-state index contributed by atoms with van der Waals surface area (Å²) in [4.78, 5) is 78.7. The average molecular weight is 1140 g/mol. The fourth-order valence-corrected chi connectivity index (χ4v) is 9.50. The molecule has 0 aliphatic rings. The fraction of sp³-hybridized carbons (Fsp3) is 0.314. The first kappa shape index (κ1) is 64.1. The Balaban J connectivity index is 1.28. The second-order valence-electron chi connectivity index (χ2n) is 20.7. The van der Waals surface area contributed by atoms with Crippen LogP contribution in [0.5, 0.6) is 0 Å². The van der Waals surface area contributed by atoms with Crippen LogP contribution in [0, 0.1) is 48.5 Å². The van der Waals surface area contributed by atoms with Crippen molar-refractivity contribution in [3.63, 3.8) is 0 Å². The molecule has 84 heavy (non-hydrogen) atoms. The summed E-state index contributed by atoms with van der Waals surface area (Å²) in [6, 6.07) is 38.0. The number of aryl methyl sites for hydroxylation is 10. The molecule has 0 aliphatic carbocycles. The van der Waals surface area contributed by atoms with Crippen LogP contribution in [-0.2, 0) is 76.5 Å². The van der Waals surface area contributed by atoms with Gasteiger partial charge in [0.1, 0.15) is 19.8 Å². The highest BCUT2D eigenvalue weighted by Gasteiger charge is 2.22. The molecule has 0 fully saturated rings. The Morgan fingerprint density at radius 2 is 0.643 bits per heavy atom. The lowest BCUT2D eigenvalue weighted by Gasteiger charge is -2.29. The van der Waals surface area contributed by atoms with Crippen LogP contribution in [0.25, 0.3) is 11.1 Å². The van der Waals surface area contributed by atoms with Gasteiger partial charge in [0.05, 0.1) is 36.5 Å². The van der Waals surface area contributed by atoms with Gasteiger partial charge in [-0.25, -0.2) is 14.4 Å². The van der Waals surface area contributed by atoms with Crippen LogP contribution < -0.4 is 9.80 Å². The highest BCUT2D eigenvalue weighted by molar-refractivity contribution is 5.90. The van der Waals surface area contributed by atoms with E-state index in [2.05, 4.69) is 142 Å². The quantitative estimate of drug-likeness (QED) is 0.0259. The Kier molecular flexibility index (Phi) is 23.1. The minimum Gasteiger partial charge on any atom is -0.463 e. The summed E-state index contributed by atoms with van der Waals surface area (Å²) in [7, 11) is 0. The van der Waals surface area contributed by atoms with Crippen molar-refractivity contribution in [3.8, 4) is 11.1 Å². The highest BCUT2D eigenvalue weighted by Crippen LogP contribution is 2.42. The molecule has 0 amide bonds. The summed E-state index contributed by atoms with van der Waals surface area (Å²) in [5, 5.41) is 0. The van der Waals surface area contributed by atoms with E-state index in [4.69, 9.17) is 28.4 Å². The molecule has 0 bridgehead atoms. The van der Waals surface area contributed by atoms with E-state index in [0.29, 0.717) is 19.3 Å². The van der Waals surface area contributed by atoms with Gasteiger partial charge in [0.15, 0.2) is 0 Å². The largest absolute Gasteiger partial charge is 0.463 e. The fourth-order valence-electron chi connectivity index (χ4n) is 9.50. The van der Waals surface area contributed by atoms with Crippen LogP contribution in [0.3, 0.4) is 0 Å². The number of hydrogen-bond donors (Lipinski definition) is 0. The second kappa shape index (κ2) is 30.3. The van der Waals surface area contributed by atoms with E-state index in [9.17, 15) is 28.8 Å². The van der Waals surface area contributed by atoms with Crippen molar-refractivity contribution in [3.05, 3.63) is 201 Å². The minimum absolute atomic E-state index is 0.0730. The summed E-state index contributed by atoms with van der Waals surface area (Å²) in [5.74, 6) is -3.11. The van der Waals surface area contributed by atoms with E-state index in [1.165, 1.54) is 5.56 Å². The number of carbonyl (C=O) groups excluding carboxylic acids is 6. The molecule has 0 aromatic heterocycles. The van der Waals surface area contributed by atoms with E-state index in [1.807, 2.05) is 45.0 Å². The molecule has 6 aromatic rings. The van der Waals surface area contributed by atoms with Gasteiger partial charge in [-0.1, -0.05) is 56.1 Å². The Morgan fingerprint density at radius 3 is 0.917 bits per heavy atom. The summed E-state index contributed by atoms with van der Waals surface area (Å²) >= 11 is 0. The summed E-state index contributed by atoms with van der Waals surface area (Å²) in [6.45, 7) is 30.5. The predicted molar refractivity (Wildman–Crippen MR) is 330 cm³/mol. The first-order valence-corrected chi connectivity index (χ1v) is 28.3. The van der Waals surface area contributed by atoms with Crippen LogP contribution in [0.1, 0.15) is 95.7 Å². The van der Waals surface area contributed by atoms with Crippen molar-refractivity contribution in [2.24, 2.45) is 0 Å². The molecule has 0 spiro atoms. The normalized spacial score (nSPS) is 10.8. The predicted octanol–water partition coefficient (Wildman–Crippen LogP) is 14.2. The van der Waals surface area contributed by atoms with Gasteiger partial charge in [0, 0.05) is 53.4 Å². The Morgan fingerprint density at radius 1 is 0.345 bits per heavy atom. The molecule has 0 saturated carbocycles. The molecule has 0 N–H and O–H groups in total. The zero-order valence-electron chi connectivity index (χ0n) is 50.3. The zero-order chi connectivity index (χ0) is 61.2. The van der Waals surface area contributed by atoms with Gasteiger partial charge in [0.2, 0.25) is 0 Å². The smallest absolute Gasteiger partial charge is 0.336 e. The Hall–Kier alpha value is -9.04. The number of nitrogens with zero attached hydrogens (tertiary/aromatic N) is 2. The Bertz CT molecular complexity index is 3360. The van der Waals surface area contributed by atoms with Gasteiger partial charge in [-0.05, 0) is 228 Å². The van der Waals surface area contributed by atoms with E-state index in [0.717, 1.165) is 95.3 Å². The second-order valence-corrected chi connectivity index (χ2v) is 20.7. The van der Waals surface area contributed by atoms with E-state index in [1.54, 1.807) is 20.8 Å². The molecule has 440 valence electrons. The van der Waals surface area contributed by atoms with Crippen molar-refractivity contribution >= 4 is 69.9 Å². The van der Waals surface area contributed by atoms with E-state index >= 15 is 0 Å². The molecule has 0 heterocycles. The van der Waals surface area contributed by atoms with Gasteiger partial charge < -0.3 is 38.2 Å². The minimum atomic E-state index is -0.598. The summed E-state index contributed by atoms with van der Waals surface area (Å²) in [6.07, 6.45) is 1.65. The van der Waals surface area contributed by atoms with Crippen LogP contribution in [0.4, 0.5) is 34.1 Å². The molecule has 6 aromatic carbocycles. The standard InChI is InChI=1S/C70H78N2O12/c1-14-79-68(76)51(11)41-82-65(73)32-23-54-18-27-60(38-46(54)6)71(59-26-17-44(4)45(5)37-59)63-30-21-57(35-49(63)9)58-22-31-64(50(10)36-58)72(61-28-19-55(47(7)39-61)24-33-66(74)83-42-52(12)69(77)80-15-2)62-29-20-56(48(8)40-62)25-34-67(75)84-43-53(13)70(78)81-16-3/h17-22,26-31,35-40H,11-16,23-25,32-34,41-43H2,1-10H3. The van der Waals surface area contributed by atoms with Crippen LogP contribution in [0.15, 0.2) is 146 Å². The number of carbonyl (C=O) groups is 6. The molecule has 0 saturated heterocycles. The lowest BCUT2D eigenvalue weighted by atomic mass is 9.97. The van der Waals surface area contributed by atoms with Crippen molar-refractivity contribution in [1.29, 1.82) is 0 Å². The molecular formula is C70H78N2O12. The molecule has 0 atom stereocenters. The number of rotatable bonds is 28. The average Bonchev–Trinajstić information content (AvgIpc) is 3.55. The van der Waals surface area contributed by atoms with Crippen molar-refractivity contribution in [1.82, 2.24) is 0 Å². The number of esters is 6. The monoisotopic (exact) mass is 1140 g/mol. The first-order valence-electron chi connectivity index (χ1n) is 28.3. The van der Waals surface area contributed by atoms with E-state index in [-0.39, 0.29) is 75.6 Å². The van der Waals surface area contributed by atoms with Crippen molar-refractivity contribution in [2.75, 3.05) is 49.4 Å². The van der Waals surface area contributed by atoms with Gasteiger partial charge in [-0.3, -0.25) is 14.4 Å². The number of benzene rings is 6. The summed E-state index contributed by atoms with van der Waals surface area (Å²) in [5.41, 5.74) is 18.3. The third kappa shape index (κ3) is 17.3. The SMILES string of the molecule is C=C(COC(=O)CCc1ccc(N(c2ccc(C)c(C)c2)c2ccc(-c3ccc(N(c4ccc(CCC(=O)OCC(=C)C(=O)OCC)c(C)c4)c4ccc(CCC(=O)OCC(=C)C(=O)OCC)c(C)c4)c(C)c3)cc2C)cc1C)C(=O)OCC. The molecule has 14 nitrogen and oxygen atoms in total. The maximum Gasteiger partial charge on any atom is 0.336 e. The topological polar surface area (TPSA) is 164 Å². The number of ether oxygens (including phenoxy) is 6. The maximum atomic E-state index is 12.8. The highest BCUT2D eigenvalue weighted by atomic mass is 16.6. The van der Waals surface area contributed by atoms with Gasteiger partial charge in [-0.15, -0.1) is 0 Å². The molecule has 0 aliphatic heterocycles. The van der Waals surface area contributed by atoms with E-state index < -0.39 is 35.8 Å². The third-order valence-corrected chi connectivity index (χ3v) is 14.4. The number of anilines is 6. The first-order chi connectivity index (χ1) is 40.1. The number of hydrogen-bond acceptors (Lipinski definition) is 14. The van der Waals surface area contributed by atoms with Crippen LogP contribution in [0.2, 0.25) is 0 Å². The molecule has 0 radical (unpaired) electrons. The lowest BCUT2D eigenvalue weighted by molar-refractivity contribution is -0.146. The van der Waals surface area contributed by atoms with Crippen molar-refractivity contribution in [2.45, 2.75) is 108 Å². The van der Waals surface area contributed by atoms with Crippen LogP contribution >= 0.6 is 0 Å². The lowest BCUT2D eigenvalue weighted by Crippen LogP contribution is -2.15. The van der Waals surface area contributed by atoms with Gasteiger partial charge in [0.25, 0.3) is 0 Å². The molecular weight excluding hydrogens is 1060 g/mol. The summed E-state index contributed by atoms with van der Waals surface area (Å²) < 4.78 is 30.9. The Labute approximate surface area is 494 Å². The molecule has 14 heteroatoms. The zero-order valence-corrected chi connectivity index (χ0v) is 50.3. The van der Waals surface area contributed by atoms with Crippen LogP contribution in [-0.4, -0.2) is 75.5 Å².